The molecule has 1 aliphatic rings. The molecule has 0 radical (unpaired) electrons. The fourth-order valence-electron chi connectivity index (χ4n) is 6.58. The van der Waals surface area contributed by atoms with E-state index in [9.17, 15) is 8.42 Å². The van der Waals surface area contributed by atoms with E-state index in [1.165, 1.54) is 0 Å². The zero-order valence-electron chi connectivity index (χ0n) is 25.6. The van der Waals surface area contributed by atoms with E-state index in [-0.39, 0.29) is 10.8 Å². The molecular formula is C34H47NO3SSi. The van der Waals surface area contributed by atoms with Crippen molar-refractivity contribution in [2.24, 2.45) is 9.81 Å². The van der Waals surface area contributed by atoms with Gasteiger partial charge in [-0.2, -0.15) is 12.8 Å². The van der Waals surface area contributed by atoms with Gasteiger partial charge in [-0.3, -0.25) is 0 Å². The van der Waals surface area contributed by atoms with Crippen LogP contribution in [-0.2, 0) is 14.4 Å². The molecule has 216 valence electrons. The first-order valence-corrected chi connectivity index (χ1v) is 18.2. The Labute approximate surface area is 244 Å². The van der Waals surface area contributed by atoms with Crippen LogP contribution in [0.15, 0.2) is 75.7 Å². The highest BCUT2D eigenvalue weighted by Crippen LogP contribution is 2.49. The van der Waals surface area contributed by atoms with Crippen LogP contribution < -0.4 is 0 Å². The molecule has 0 bridgehead atoms. The minimum atomic E-state index is -3.95. The number of sulfonamides is 1. The minimum absolute atomic E-state index is 0.177. The summed E-state index contributed by atoms with van der Waals surface area (Å²) in [5, 5.41) is 0. The average Bonchev–Trinajstić information content (AvgIpc) is 3.04. The fourth-order valence-corrected chi connectivity index (χ4v) is 13.0. The summed E-state index contributed by atoms with van der Waals surface area (Å²) in [5.41, 5.74) is 3.02. The third-order valence-electron chi connectivity index (χ3n) is 8.65. The molecule has 3 rings (SSSR count). The fraction of sp³-hybridized carbons (Fsp3) is 0.500. The molecule has 0 spiro atoms. The third-order valence-corrected chi connectivity index (χ3v) is 16.0. The maximum absolute atomic E-state index is 13.7. The molecule has 2 aromatic rings. The molecule has 0 amide bonds. The van der Waals surface area contributed by atoms with Crippen molar-refractivity contribution in [2.45, 2.75) is 109 Å². The summed E-state index contributed by atoms with van der Waals surface area (Å²) >= 11 is 0. The second kappa shape index (κ2) is 12.9. The second-order valence-corrected chi connectivity index (χ2v) is 19.2. The van der Waals surface area contributed by atoms with Gasteiger partial charge >= 0.3 is 0 Å². The molecule has 4 nitrogen and oxygen atoms in total. The van der Waals surface area contributed by atoms with Gasteiger partial charge in [-0.25, -0.2) is 0 Å². The molecule has 40 heavy (non-hydrogen) atoms. The van der Waals surface area contributed by atoms with Crippen molar-refractivity contribution < 1.29 is 12.8 Å². The van der Waals surface area contributed by atoms with E-state index in [0.29, 0.717) is 41.6 Å². The van der Waals surface area contributed by atoms with Crippen LogP contribution in [0.2, 0.25) is 16.6 Å². The average molecular weight is 578 g/mol. The molecule has 0 heterocycles. The Morgan fingerprint density at radius 1 is 1.00 bits per heavy atom. The quantitative estimate of drug-likeness (QED) is 0.209. The van der Waals surface area contributed by atoms with E-state index in [1.807, 2.05) is 25.1 Å². The molecule has 1 aliphatic carbocycles. The van der Waals surface area contributed by atoms with E-state index >= 15 is 0 Å². The Kier molecular flexibility index (Phi) is 10.3. The van der Waals surface area contributed by atoms with Gasteiger partial charge in [0.25, 0.3) is 18.3 Å². The SMILES string of the molecule is C#C[C@]1(CCC)CC=C(O[Si](C(C)C)(C(C)C)C(C)C)[C@@H](c2ccccc2)C/C1=N\S(=O)(=O)c1ccc(C)cc1. The Morgan fingerprint density at radius 2 is 1.57 bits per heavy atom. The lowest BCUT2D eigenvalue weighted by atomic mass is 9.75. The van der Waals surface area contributed by atoms with Crippen molar-refractivity contribution in [3.63, 3.8) is 0 Å². The van der Waals surface area contributed by atoms with E-state index in [1.54, 1.807) is 24.3 Å². The molecule has 0 aliphatic heterocycles. The molecule has 0 fully saturated rings. The van der Waals surface area contributed by atoms with E-state index in [2.05, 4.69) is 77.0 Å². The van der Waals surface area contributed by atoms with Gasteiger partial charge in [-0.1, -0.05) is 109 Å². The van der Waals surface area contributed by atoms with E-state index in [0.717, 1.165) is 23.3 Å². The van der Waals surface area contributed by atoms with Crippen molar-refractivity contribution in [2.75, 3.05) is 0 Å². The Bertz CT molecular complexity index is 1330. The maximum Gasteiger partial charge on any atom is 0.282 e. The van der Waals surface area contributed by atoms with Crippen molar-refractivity contribution in [3.8, 4) is 12.3 Å². The Hall–Kier alpha value is -2.62. The first-order chi connectivity index (χ1) is 18.8. The van der Waals surface area contributed by atoms with Crippen LogP contribution >= 0.6 is 0 Å². The van der Waals surface area contributed by atoms with Crippen LogP contribution in [0.4, 0.5) is 0 Å². The second-order valence-electron chi connectivity index (χ2n) is 12.2. The number of terminal acetylenes is 1. The number of hydrogen-bond acceptors (Lipinski definition) is 3. The normalized spacial score (nSPS) is 21.4. The number of allylic oxidation sites excluding steroid dienone is 2. The molecule has 0 N–H and O–H groups in total. The number of benzene rings is 2. The molecule has 2 aromatic carbocycles. The van der Waals surface area contributed by atoms with Crippen LogP contribution in [0.3, 0.4) is 0 Å². The van der Waals surface area contributed by atoms with Crippen molar-refractivity contribution in [1.82, 2.24) is 0 Å². The number of aryl methyl sites for hydroxylation is 1. The summed E-state index contributed by atoms with van der Waals surface area (Å²) in [4.78, 5) is 0.184. The zero-order valence-corrected chi connectivity index (χ0v) is 27.4. The highest BCUT2D eigenvalue weighted by atomic mass is 32.2. The van der Waals surface area contributed by atoms with E-state index < -0.39 is 23.8 Å². The van der Waals surface area contributed by atoms with Gasteiger partial charge in [0.05, 0.1) is 21.8 Å². The summed E-state index contributed by atoms with van der Waals surface area (Å²) in [5.74, 6) is 3.77. The van der Waals surface area contributed by atoms with Crippen LogP contribution in [0.1, 0.15) is 91.2 Å². The van der Waals surface area contributed by atoms with Crippen LogP contribution in [0.5, 0.6) is 0 Å². The highest BCUT2D eigenvalue weighted by Gasteiger charge is 2.49. The molecule has 6 heteroatoms. The minimum Gasteiger partial charge on any atom is -0.545 e. The van der Waals surface area contributed by atoms with Gasteiger partial charge in [-0.05, 0) is 60.2 Å². The van der Waals surface area contributed by atoms with Crippen LogP contribution in [0.25, 0.3) is 0 Å². The zero-order chi connectivity index (χ0) is 29.7. The van der Waals surface area contributed by atoms with Gasteiger partial charge < -0.3 is 4.43 Å². The van der Waals surface area contributed by atoms with Crippen molar-refractivity contribution in [3.05, 3.63) is 77.6 Å². The summed E-state index contributed by atoms with van der Waals surface area (Å²) < 4.78 is 39.2. The van der Waals surface area contributed by atoms with Gasteiger partial charge in [0.2, 0.25) is 0 Å². The predicted molar refractivity (Wildman–Crippen MR) is 171 cm³/mol. The number of hydrogen-bond donors (Lipinski definition) is 0. The van der Waals surface area contributed by atoms with Crippen molar-refractivity contribution in [1.29, 1.82) is 0 Å². The first kappa shape index (κ1) is 31.9. The van der Waals surface area contributed by atoms with Gasteiger partial charge in [-0.15, -0.1) is 6.42 Å². The third kappa shape index (κ3) is 6.47. The largest absolute Gasteiger partial charge is 0.545 e. The summed E-state index contributed by atoms with van der Waals surface area (Å²) in [7, 11) is -6.25. The Balaban J connectivity index is 2.25. The molecule has 0 unspecified atom stereocenters. The first-order valence-electron chi connectivity index (χ1n) is 14.7. The molecule has 0 saturated carbocycles. The maximum atomic E-state index is 13.7. The summed E-state index contributed by atoms with van der Waals surface area (Å²) in [6.07, 6.45) is 10.8. The lowest BCUT2D eigenvalue weighted by molar-refractivity contribution is 0.340. The summed E-state index contributed by atoms with van der Waals surface area (Å²) in [6, 6.07) is 17.1. The molecule has 0 saturated heterocycles. The van der Waals surface area contributed by atoms with Crippen LogP contribution in [-0.4, -0.2) is 22.4 Å². The molecular weight excluding hydrogens is 531 g/mol. The monoisotopic (exact) mass is 577 g/mol. The Morgan fingerprint density at radius 3 is 2.08 bits per heavy atom. The lowest BCUT2D eigenvalue weighted by Gasteiger charge is -2.44. The highest BCUT2D eigenvalue weighted by molar-refractivity contribution is 7.90. The standard InChI is InChI=1S/C34H47NO3SSi/c1-10-22-34(11-2)23-21-32(38-40(25(3)4,26(5)6)27(7)8)31(29-15-13-12-14-16-29)24-33(34)35-39(36,37)30-19-17-28(9)18-20-30/h2,12-21,25-27,31H,10,22-24H2,1,3-9H3/b35-33+/t31-,34+/m1/s1. The summed E-state index contributed by atoms with van der Waals surface area (Å²) in [6.45, 7) is 17.7. The molecule has 0 aromatic heterocycles. The van der Waals surface area contributed by atoms with E-state index in [4.69, 9.17) is 10.8 Å². The van der Waals surface area contributed by atoms with Crippen LogP contribution in [0, 0.1) is 24.7 Å². The number of rotatable bonds is 10. The van der Waals surface area contributed by atoms with Gasteiger partial charge in [0.1, 0.15) is 0 Å². The van der Waals surface area contributed by atoms with Crippen molar-refractivity contribution >= 4 is 24.1 Å². The predicted octanol–water partition coefficient (Wildman–Crippen LogP) is 9.20. The topological polar surface area (TPSA) is 55.7 Å². The van der Waals surface area contributed by atoms with Gasteiger partial charge in [0, 0.05) is 12.3 Å². The number of nitrogens with zero attached hydrogens (tertiary/aromatic N) is 1. The molecule has 2 atom stereocenters. The lowest BCUT2D eigenvalue weighted by Crippen LogP contribution is -2.48. The van der Waals surface area contributed by atoms with Gasteiger partial charge in [0.15, 0.2) is 0 Å². The smallest absolute Gasteiger partial charge is 0.282 e.